The van der Waals surface area contributed by atoms with Gasteiger partial charge in [0.1, 0.15) is 0 Å². The predicted octanol–water partition coefficient (Wildman–Crippen LogP) is 2.36. The number of nitrogens with zero attached hydrogens (tertiary/aromatic N) is 1. The van der Waals surface area contributed by atoms with Crippen LogP contribution in [0.2, 0.25) is 0 Å². The molecule has 0 aliphatic heterocycles. The Hall–Kier alpha value is -2.22. The Bertz CT molecular complexity index is 847. The van der Waals surface area contributed by atoms with Crippen LogP contribution < -0.4 is 10.5 Å². The van der Waals surface area contributed by atoms with Gasteiger partial charge in [-0.3, -0.25) is 9.69 Å². The highest BCUT2D eigenvalue weighted by molar-refractivity contribution is 7.89. The number of carbonyl (C=O) groups is 1. The van der Waals surface area contributed by atoms with E-state index in [2.05, 4.69) is 36.5 Å². The lowest BCUT2D eigenvalue weighted by Crippen LogP contribution is -2.39. The number of likely N-dealkylation sites (N-methyl/N-ethyl adjacent to an activating group) is 1. The molecule has 140 valence electrons. The average molecular weight is 375 g/mol. The maximum Gasteiger partial charge on any atom is 0.241 e. The van der Waals surface area contributed by atoms with Crippen molar-refractivity contribution in [3.05, 3.63) is 59.7 Å². The number of primary sulfonamides is 1. The molecule has 0 fully saturated rings. The van der Waals surface area contributed by atoms with Crippen LogP contribution in [-0.2, 0) is 27.8 Å². The van der Waals surface area contributed by atoms with Crippen molar-refractivity contribution < 1.29 is 13.2 Å². The van der Waals surface area contributed by atoms with Crippen LogP contribution in [0.25, 0.3) is 0 Å². The van der Waals surface area contributed by atoms with Crippen LogP contribution in [0.15, 0.2) is 53.4 Å². The monoisotopic (exact) mass is 375 g/mol. The van der Waals surface area contributed by atoms with E-state index in [0.29, 0.717) is 12.2 Å². The standard InChI is InChI=1S/C19H25N3O3S/c1-4-15-5-7-16(8-6-15)13-22(3)14(2)19(23)21-17-9-11-18(12-10-17)26(20,24)25/h5-12,14H,4,13H2,1-3H3,(H,21,23)(H2,20,24,25). The molecule has 26 heavy (non-hydrogen) atoms. The molecule has 2 aromatic rings. The molecule has 0 saturated heterocycles. The third kappa shape index (κ3) is 5.39. The predicted molar refractivity (Wildman–Crippen MR) is 103 cm³/mol. The van der Waals surface area contributed by atoms with Gasteiger partial charge in [-0.05, 0) is 55.8 Å². The maximum atomic E-state index is 12.4. The topological polar surface area (TPSA) is 92.5 Å². The Morgan fingerprint density at radius 2 is 1.62 bits per heavy atom. The van der Waals surface area contributed by atoms with Gasteiger partial charge in [0.15, 0.2) is 0 Å². The maximum absolute atomic E-state index is 12.4. The van der Waals surface area contributed by atoms with Crippen molar-refractivity contribution in [2.75, 3.05) is 12.4 Å². The molecule has 0 bridgehead atoms. The number of amides is 1. The van der Waals surface area contributed by atoms with Crippen LogP contribution in [0.4, 0.5) is 5.69 Å². The first kappa shape index (κ1) is 20.1. The Morgan fingerprint density at radius 3 is 2.12 bits per heavy atom. The number of carbonyl (C=O) groups excluding carboxylic acids is 1. The molecular weight excluding hydrogens is 350 g/mol. The van der Waals surface area contributed by atoms with E-state index in [4.69, 9.17) is 5.14 Å². The molecule has 7 heteroatoms. The molecule has 1 unspecified atom stereocenters. The highest BCUT2D eigenvalue weighted by atomic mass is 32.2. The number of nitrogens with two attached hydrogens (primary N) is 1. The van der Waals surface area contributed by atoms with Crippen LogP contribution >= 0.6 is 0 Å². The van der Waals surface area contributed by atoms with Gasteiger partial charge in [0.25, 0.3) is 0 Å². The number of benzene rings is 2. The molecule has 0 aliphatic rings. The van der Waals surface area contributed by atoms with Crippen LogP contribution in [0.3, 0.4) is 0 Å². The molecule has 6 nitrogen and oxygen atoms in total. The van der Waals surface area contributed by atoms with E-state index in [1.54, 1.807) is 0 Å². The van der Waals surface area contributed by atoms with E-state index >= 15 is 0 Å². The second-order valence-corrected chi connectivity index (χ2v) is 7.88. The normalized spacial score (nSPS) is 12.8. The van der Waals surface area contributed by atoms with Gasteiger partial charge in [-0.25, -0.2) is 13.6 Å². The summed E-state index contributed by atoms with van der Waals surface area (Å²) in [5.74, 6) is -0.166. The number of nitrogens with one attached hydrogen (secondary N) is 1. The van der Waals surface area contributed by atoms with Gasteiger partial charge in [-0.15, -0.1) is 0 Å². The van der Waals surface area contributed by atoms with Crippen molar-refractivity contribution in [3.63, 3.8) is 0 Å². The first-order valence-corrected chi connectivity index (χ1v) is 9.97. The Balaban J connectivity index is 1.97. The highest BCUT2D eigenvalue weighted by Gasteiger charge is 2.18. The number of sulfonamides is 1. The van der Waals surface area contributed by atoms with Crippen molar-refractivity contribution in [1.29, 1.82) is 0 Å². The molecular formula is C19H25N3O3S. The summed E-state index contributed by atoms with van der Waals surface area (Å²) in [5.41, 5.74) is 2.95. The van der Waals surface area contributed by atoms with Crippen molar-refractivity contribution >= 4 is 21.6 Å². The van der Waals surface area contributed by atoms with Crippen molar-refractivity contribution in [3.8, 4) is 0 Å². The fraction of sp³-hybridized carbons (Fsp3) is 0.316. The zero-order valence-corrected chi connectivity index (χ0v) is 16.1. The zero-order chi connectivity index (χ0) is 19.3. The Morgan fingerprint density at radius 1 is 1.08 bits per heavy atom. The smallest absolute Gasteiger partial charge is 0.241 e. The fourth-order valence-electron chi connectivity index (χ4n) is 2.48. The van der Waals surface area contributed by atoms with E-state index in [1.165, 1.54) is 29.8 Å². The van der Waals surface area contributed by atoms with Gasteiger partial charge in [-0.1, -0.05) is 31.2 Å². The molecule has 1 atom stereocenters. The van der Waals surface area contributed by atoms with Crippen molar-refractivity contribution in [2.24, 2.45) is 5.14 Å². The van der Waals surface area contributed by atoms with Crippen molar-refractivity contribution in [1.82, 2.24) is 4.90 Å². The van der Waals surface area contributed by atoms with Crippen molar-refractivity contribution in [2.45, 2.75) is 37.8 Å². The number of hydrogen-bond acceptors (Lipinski definition) is 4. The molecule has 0 heterocycles. The second kappa shape index (κ2) is 8.44. The largest absolute Gasteiger partial charge is 0.325 e. The van der Waals surface area contributed by atoms with Crippen LogP contribution in [0.5, 0.6) is 0 Å². The lowest BCUT2D eigenvalue weighted by Gasteiger charge is -2.24. The minimum atomic E-state index is -3.74. The Labute approximate surface area is 155 Å². The highest BCUT2D eigenvalue weighted by Crippen LogP contribution is 2.14. The summed E-state index contributed by atoms with van der Waals surface area (Å²) in [6.45, 7) is 4.60. The number of anilines is 1. The van der Waals surface area contributed by atoms with Crippen LogP contribution in [0.1, 0.15) is 25.0 Å². The van der Waals surface area contributed by atoms with Gasteiger partial charge in [0.2, 0.25) is 15.9 Å². The third-order valence-corrected chi connectivity index (χ3v) is 5.28. The first-order chi connectivity index (χ1) is 12.2. The second-order valence-electron chi connectivity index (χ2n) is 6.32. The lowest BCUT2D eigenvalue weighted by atomic mass is 10.1. The molecule has 0 spiro atoms. The number of hydrogen-bond donors (Lipinski definition) is 2. The molecule has 1 amide bonds. The van der Waals surface area contributed by atoms with E-state index in [1.807, 2.05) is 18.9 Å². The summed E-state index contributed by atoms with van der Waals surface area (Å²) in [6, 6.07) is 13.8. The summed E-state index contributed by atoms with van der Waals surface area (Å²) in [5, 5.41) is 7.85. The molecule has 0 aliphatic carbocycles. The van der Waals surface area contributed by atoms with E-state index in [-0.39, 0.29) is 16.8 Å². The van der Waals surface area contributed by atoms with E-state index in [9.17, 15) is 13.2 Å². The summed E-state index contributed by atoms with van der Waals surface area (Å²) in [7, 11) is -1.85. The fourth-order valence-corrected chi connectivity index (χ4v) is 3.00. The summed E-state index contributed by atoms with van der Waals surface area (Å²) < 4.78 is 22.5. The SMILES string of the molecule is CCc1ccc(CN(C)C(C)C(=O)Nc2ccc(S(N)(=O)=O)cc2)cc1. The minimum Gasteiger partial charge on any atom is -0.325 e. The summed E-state index contributed by atoms with van der Waals surface area (Å²) in [4.78, 5) is 14.4. The molecule has 3 N–H and O–H groups in total. The van der Waals surface area contributed by atoms with E-state index < -0.39 is 10.0 Å². The van der Waals surface area contributed by atoms with Gasteiger partial charge in [0.05, 0.1) is 10.9 Å². The molecule has 0 saturated carbocycles. The zero-order valence-electron chi connectivity index (χ0n) is 15.3. The number of aryl methyl sites for hydroxylation is 1. The molecule has 0 aromatic heterocycles. The van der Waals surface area contributed by atoms with Gasteiger partial charge in [-0.2, -0.15) is 0 Å². The average Bonchev–Trinajstić information content (AvgIpc) is 2.61. The van der Waals surface area contributed by atoms with Crippen LogP contribution in [0, 0.1) is 0 Å². The van der Waals surface area contributed by atoms with Crippen LogP contribution in [-0.4, -0.2) is 32.3 Å². The number of rotatable bonds is 7. The lowest BCUT2D eigenvalue weighted by molar-refractivity contribution is -0.120. The van der Waals surface area contributed by atoms with Gasteiger partial charge < -0.3 is 5.32 Å². The summed E-state index contributed by atoms with van der Waals surface area (Å²) in [6.07, 6.45) is 0.999. The molecule has 2 aromatic carbocycles. The van der Waals surface area contributed by atoms with E-state index in [0.717, 1.165) is 12.0 Å². The molecule has 0 radical (unpaired) electrons. The van der Waals surface area contributed by atoms with Gasteiger partial charge >= 0.3 is 0 Å². The molecule has 2 rings (SSSR count). The summed E-state index contributed by atoms with van der Waals surface area (Å²) >= 11 is 0. The minimum absolute atomic E-state index is 0.0104. The van der Waals surface area contributed by atoms with Gasteiger partial charge in [0, 0.05) is 12.2 Å². The first-order valence-electron chi connectivity index (χ1n) is 8.42. The Kier molecular flexibility index (Phi) is 6.52. The quantitative estimate of drug-likeness (QED) is 0.777. The third-order valence-electron chi connectivity index (χ3n) is 4.35.